The third-order valence-electron chi connectivity index (χ3n) is 5.62. The monoisotopic (exact) mass is 457 g/mol. The summed E-state index contributed by atoms with van der Waals surface area (Å²) in [4.78, 5) is 23.7. The van der Waals surface area contributed by atoms with Crippen molar-refractivity contribution in [3.63, 3.8) is 0 Å². The summed E-state index contributed by atoms with van der Waals surface area (Å²) in [6.07, 6.45) is 5.17. The second-order valence-corrected chi connectivity index (χ2v) is 8.65. The van der Waals surface area contributed by atoms with Gasteiger partial charge < -0.3 is 15.5 Å². The van der Waals surface area contributed by atoms with E-state index >= 15 is 0 Å². The zero-order chi connectivity index (χ0) is 24.2. The van der Waals surface area contributed by atoms with Gasteiger partial charge in [0.05, 0.1) is 5.35 Å². The molecule has 0 saturated carbocycles. The number of hydrogen-bond acceptors (Lipinski definition) is 5. The Balaban J connectivity index is 1.50. The standard InChI is InChI=1S/C27H28FN5O/c1-17(2)20-9-14-23-24(15-20)31-27(33(3)4)32-25(23)29-16-18-5-12-22(13-6-18)30-26(34)19-7-10-21(28)11-8-19/h5-8,10-15H,9,16H2,1-4H3,(H,30,34)(H,29,31,32). The van der Waals surface area contributed by atoms with Crippen LogP contribution in [0.3, 0.4) is 0 Å². The first-order chi connectivity index (χ1) is 16.3. The van der Waals surface area contributed by atoms with Crippen molar-refractivity contribution in [1.29, 1.82) is 0 Å². The molecule has 7 heteroatoms. The summed E-state index contributed by atoms with van der Waals surface area (Å²) >= 11 is 0. The minimum atomic E-state index is -0.371. The second kappa shape index (κ2) is 9.87. The Bertz CT molecular complexity index is 1360. The van der Waals surface area contributed by atoms with E-state index in [0.29, 0.717) is 23.7 Å². The average molecular weight is 458 g/mol. The van der Waals surface area contributed by atoms with Crippen LogP contribution in [0.25, 0.3) is 12.2 Å². The van der Waals surface area contributed by atoms with E-state index in [1.807, 2.05) is 43.3 Å². The molecule has 6 nitrogen and oxygen atoms in total. The van der Waals surface area contributed by atoms with Crippen molar-refractivity contribution in [3.05, 3.63) is 87.2 Å². The quantitative estimate of drug-likeness (QED) is 0.589. The molecule has 0 saturated heterocycles. The minimum absolute atomic E-state index is 0.280. The van der Waals surface area contributed by atoms with Crippen molar-refractivity contribution in [2.24, 2.45) is 0 Å². The van der Waals surface area contributed by atoms with Crippen LogP contribution in [0.4, 0.5) is 21.8 Å². The Morgan fingerprint density at radius 3 is 2.38 bits per heavy atom. The number of allylic oxidation sites excluding steroid dienone is 2. The number of nitrogens with zero attached hydrogens (tertiary/aromatic N) is 3. The second-order valence-electron chi connectivity index (χ2n) is 8.65. The normalized spacial score (nSPS) is 12.2. The van der Waals surface area contributed by atoms with Crippen molar-refractivity contribution < 1.29 is 9.18 Å². The number of amides is 1. The summed E-state index contributed by atoms with van der Waals surface area (Å²) in [5, 5.41) is 8.21. The Morgan fingerprint density at radius 1 is 1.03 bits per heavy atom. The molecule has 1 aliphatic rings. The first kappa shape index (κ1) is 23.2. The van der Waals surface area contributed by atoms with Crippen LogP contribution in [0.1, 0.15) is 36.2 Å². The van der Waals surface area contributed by atoms with E-state index in [1.165, 1.54) is 35.4 Å². The summed E-state index contributed by atoms with van der Waals surface area (Å²) in [5.41, 5.74) is 4.68. The molecule has 1 aromatic heterocycles. The van der Waals surface area contributed by atoms with Gasteiger partial charge in [-0.15, -0.1) is 0 Å². The van der Waals surface area contributed by atoms with Crippen LogP contribution >= 0.6 is 0 Å². The molecule has 1 amide bonds. The Kier molecular flexibility index (Phi) is 6.72. The topological polar surface area (TPSA) is 70.2 Å². The molecule has 1 aliphatic carbocycles. The predicted octanol–water partition coefficient (Wildman–Crippen LogP) is 3.85. The summed E-state index contributed by atoms with van der Waals surface area (Å²) < 4.78 is 13.1. The fourth-order valence-corrected chi connectivity index (χ4v) is 3.60. The van der Waals surface area contributed by atoms with E-state index in [9.17, 15) is 9.18 Å². The SMILES string of the molecule is CC(C)=C1C=c2nc(N(C)C)nc(NCc3ccc(NC(=O)c4ccc(F)cc4)cc3)c2=CC1. The Hall–Kier alpha value is -4.00. The van der Waals surface area contributed by atoms with Crippen LogP contribution in [0.15, 0.2) is 59.7 Å². The lowest BCUT2D eigenvalue weighted by atomic mass is 10.0. The molecule has 0 fully saturated rings. The zero-order valence-electron chi connectivity index (χ0n) is 19.8. The van der Waals surface area contributed by atoms with Gasteiger partial charge in [0.1, 0.15) is 11.6 Å². The smallest absolute Gasteiger partial charge is 0.255 e. The number of carbonyl (C=O) groups excluding carboxylic acids is 1. The summed E-state index contributed by atoms with van der Waals surface area (Å²) in [6.45, 7) is 4.80. The lowest BCUT2D eigenvalue weighted by Crippen LogP contribution is -2.36. The molecule has 1 heterocycles. The maximum absolute atomic E-state index is 13.1. The highest BCUT2D eigenvalue weighted by Crippen LogP contribution is 2.15. The van der Waals surface area contributed by atoms with Crippen molar-refractivity contribution in [2.45, 2.75) is 26.8 Å². The number of carbonyl (C=O) groups is 1. The van der Waals surface area contributed by atoms with Crippen molar-refractivity contribution in [1.82, 2.24) is 9.97 Å². The number of nitrogens with one attached hydrogen (secondary N) is 2. The fourth-order valence-electron chi connectivity index (χ4n) is 3.60. The van der Waals surface area contributed by atoms with Crippen LogP contribution in [-0.4, -0.2) is 30.0 Å². The first-order valence-electron chi connectivity index (χ1n) is 11.1. The lowest BCUT2D eigenvalue weighted by molar-refractivity contribution is 0.102. The highest BCUT2D eigenvalue weighted by atomic mass is 19.1. The number of hydrogen-bond donors (Lipinski definition) is 2. The number of halogens is 1. The number of aromatic nitrogens is 2. The molecule has 3 aromatic rings. The van der Waals surface area contributed by atoms with Gasteiger partial charge in [-0.1, -0.05) is 23.8 Å². The molecule has 0 unspecified atom stereocenters. The van der Waals surface area contributed by atoms with E-state index in [1.54, 1.807) is 0 Å². The zero-order valence-corrected chi connectivity index (χ0v) is 19.8. The molecule has 0 atom stereocenters. The molecule has 0 bridgehead atoms. The molecular formula is C27H28FN5O. The Labute approximate surface area is 198 Å². The fraction of sp³-hybridized carbons (Fsp3) is 0.222. The maximum atomic E-state index is 13.1. The summed E-state index contributed by atoms with van der Waals surface area (Å²) in [7, 11) is 3.86. The molecule has 0 aliphatic heterocycles. The lowest BCUT2D eigenvalue weighted by Gasteiger charge is -2.16. The van der Waals surface area contributed by atoms with Crippen LogP contribution < -0.4 is 26.1 Å². The molecule has 2 N–H and O–H groups in total. The number of benzene rings is 2. The van der Waals surface area contributed by atoms with Gasteiger partial charge >= 0.3 is 0 Å². The number of anilines is 3. The van der Waals surface area contributed by atoms with Crippen LogP contribution in [0, 0.1) is 5.82 Å². The highest BCUT2D eigenvalue weighted by Gasteiger charge is 2.11. The molecule has 0 radical (unpaired) electrons. The van der Waals surface area contributed by atoms with Gasteiger partial charge in [-0.05, 0) is 73.9 Å². The van der Waals surface area contributed by atoms with Crippen molar-refractivity contribution in [2.75, 3.05) is 29.6 Å². The van der Waals surface area contributed by atoms with E-state index in [4.69, 9.17) is 9.97 Å². The third-order valence-corrected chi connectivity index (χ3v) is 5.62. The third kappa shape index (κ3) is 5.31. The van der Waals surface area contributed by atoms with Gasteiger partial charge in [-0.25, -0.2) is 9.37 Å². The van der Waals surface area contributed by atoms with E-state index < -0.39 is 0 Å². The largest absolute Gasteiger partial charge is 0.365 e. The summed E-state index contributed by atoms with van der Waals surface area (Å²) in [6, 6.07) is 13.1. The van der Waals surface area contributed by atoms with Gasteiger partial charge in [0, 0.05) is 37.1 Å². The van der Waals surface area contributed by atoms with E-state index in [2.05, 4.69) is 36.6 Å². The molecule has 2 aromatic carbocycles. The predicted molar refractivity (Wildman–Crippen MR) is 136 cm³/mol. The number of fused-ring (bicyclic) bond motifs is 1. The van der Waals surface area contributed by atoms with Gasteiger partial charge in [0.15, 0.2) is 0 Å². The van der Waals surface area contributed by atoms with Crippen LogP contribution in [0.2, 0.25) is 0 Å². The molecule has 174 valence electrons. The maximum Gasteiger partial charge on any atom is 0.255 e. The van der Waals surface area contributed by atoms with Gasteiger partial charge in [-0.2, -0.15) is 4.98 Å². The van der Waals surface area contributed by atoms with Crippen LogP contribution in [0.5, 0.6) is 0 Å². The molecule has 4 rings (SSSR count). The van der Waals surface area contributed by atoms with Crippen LogP contribution in [-0.2, 0) is 6.54 Å². The number of rotatable bonds is 6. The first-order valence-corrected chi connectivity index (χ1v) is 11.1. The Morgan fingerprint density at radius 2 is 1.74 bits per heavy atom. The minimum Gasteiger partial charge on any atom is -0.365 e. The highest BCUT2D eigenvalue weighted by molar-refractivity contribution is 6.04. The van der Waals surface area contributed by atoms with Gasteiger partial charge in [-0.3, -0.25) is 4.79 Å². The van der Waals surface area contributed by atoms with Crippen molar-refractivity contribution >= 4 is 35.5 Å². The summed E-state index contributed by atoms with van der Waals surface area (Å²) in [5.74, 6) is 0.798. The molecule has 34 heavy (non-hydrogen) atoms. The van der Waals surface area contributed by atoms with Gasteiger partial charge in [0.2, 0.25) is 5.95 Å². The molecule has 0 spiro atoms. The van der Waals surface area contributed by atoms with Gasteiger partial charge in [0.25, 0.3) is 5.91 Å². The molecular weight excluding hydrogens is 429 g/mol. The van der Waals surface area contributed by atoms with E-state index in [-0.39, 0.29) is 11.7 Å². The van der Waals surface area contributed by atoms with E-state index in [0.717, 1.165) is 28.4 Å². The average Bonchev–Trinajstić information content (AvgIpc) is 2.83. The van der Waals surface area contributed by atoms with Crippen molar-refractivity contribution in [3.8, 4) is 0 Å².